The van der Waals surface area contributed by atoms with Crippen molar-refractivity contribution in [3.63, 3.8) is 0 Å². The summed E-state index contributed by atoms with van der Waals surface area (Å²) in [7, 11) is 1.93. The highest BCUT2D eigenvalue weighted by Crippen LogP contribution is 2.48. The molecule has 1 aliphatic rings. The van der Waals surface area contributed by atoms with E-state index < -0.39 is 0 Å². The van der Waals surface area contributed by atoms with E-state index in [-0.39, 0.29) is 5.41 Å². The average Bonchev–Trinajstić information content (AvgIpc) is 3.26. The van der Waals surface area contributed by atoms with Crippen molar-refractivity contribution in [1.82, 2.24) is 20.4 Å². The zero-order chi connectivity index (χ0) is 17.0. The lowest BCUT2D eigenvalue weighted by molar-refractivity contribution is 0.644. The summed E-state index contributed by atoms with van der Waals surface area (Å²) in [6.45, 7) is 4.38. The number of halogens is 1. The molecule has 0 atom stereocenters. The Labute approximate surface area is 148 Å². The highest BCUT2D eigenvalue weighted by Gasteiger charge is 2.44. The van der Waals surface area contributed by atoms with Crippen molar-refractivity contribution >= 4 is 17.6 Å². The summed E-state index contributed by atoms with van der Waals surface area (Å²) in [5.74, 6) is 0.840. The molecule has 0 aliphatic heterocycles. The van der Waals surface area contributed by atoms with Gasteiger partial charge in [-0.15, -0.1) is 0 Å². The SMILES string of the molecule is CCNC(=NCc1ccnn1C)NCC1(c2cccc(Cl)c2)CC1. The van der Waals surface area contributed by atoms with Crippen LogP contribution in [-0.2, 0) is 19.0 Å². The molecule has 24 heavy (non-hydrogen) atoms. The number of aliphatic imine (C=N–C) groups is 1. The summed E-state index contributed by atoms with van der Waals surface area (Å²) >= 11 is 6.15. The second-order valence-corrected chi connectivity index (χ2v) is 6.72. The largest absolute Gasteiger partial charge is 0.357 e. The van der Waals surface area contributed by atoms with Gasteiger partial charge in [-0.05, 0) is 43.5 Å². The lowest BCUT2D eigenvalue weighted by Crippen LogP contribution is -2.41. The van der Waals surface area contributed by atoms with Gasteiger partial charge in [0.25, 0.3) is 0 Å². The van der Waals surface area contributed by atoms with Crippen LogP contribution in [0.2, 0.25) is 5.02 Å². The molecule has 5 nitrogen and oxygen atoms in total. The molecule has 3 rings (SSSR count). The third kappa shape index (κ3) is 3.90. The molecule has 128 valence electrons. The van der Waals surface area contributed by atoms with Gasteiger partial charge in [0.05, 0.1) is 12.2 Å². The average molecular weight is 346 g/mol. The van der Waals surface area contributed by atoms with Crippen LogP contribution in [-0.4, -0.2) is 28.8 Å². The van der Waals surface area contributed by atoms with E-state index in [1.54, 1.807) is 6.20 Å². The number of aromatic nitrogens is 2. The van der Waals surface area contributed by atoms with Gasteiger partial charge in [0.1, 0.15) is 0 Å². The molecule has 1 aromatic heterocycles. The standard InChI is InChI=1S/C18H24ClN5/c1-3-20-17(21-12-16-7-10-23-24(16)2)22-13-18(8-9-18)14-5-4-6-15(19)11-14/h4-7,10-11H,3,8-9,12-13H2,1-2H3,(H2,20,21,22). The third-order valence-electron chi connectivity index (χ3n) is 4.55. The van der Waals surface area contributed by atoms with Crippen molar-refractivity contribution in [3.8, 4) is 0 Å². The van der Waals surface area contributed by atoms with Gasteiger partial charge in [-0.1, -0.05) is 23.7 Å². The number of hydrogen-bond acceptors (Lipinski definition) is 2. The molecule has 0 amide bonds. The highest BCUT2D eigenvalue weighted by atomic mass is 35.5. The van der Waals surface area contributed by atoms with Crippen molar-refractivity contribution in [2.24, 2.45) is 12.0 Å². The van der Waals surface area contributed by atoms with Crippen molar-refractivity contribution < 1.29 is 0 Å². The van der Waals surface area contributed by atoms with Crippen molar-refractivity contribution in [2.45, 2.75) is 31.7 Å². The summed E-state index contributed by atoms with van der Waals surface area (Å²) < 4.78 is 1.85. The van der Waals surface area contributed by atoms with Gasteiger partial charge in [-0.3, -0.25) is 4.68 Å². The van der Waals surface area contributed by atoms with Crippen LogP contribution in [0.5, 0.6) is 0 Å². The van der Waals surface area contributed by atoms with E-state index in [0.717, 1.165) is 29.8 Å². The van der Waals surface area contributed by atoms with Gasteiger partial charge in [-0.2, -0.15) is 5.10 Å². The van der Waals surface area contributed by atoms with Crippen molar-refractivity contribution in [2.75, 3.05) is 13.1 Å². The number of rotatable bonds is 6. The highest BCUT2D eigenvalue weighted by molar-refractivity contribution is 6.30. The van der Waals surface area contributed by atoms with Crippen molar-refractivity contribution in [3.05, 3.63) is 52.8 Å². The van der Waals surface area contributed by atoms with Gasteiger partial charge < -0.3 is 10.6 Å². The molecule has 0 saturated heterocycles. The summed E-state index contributed by atoms with van der Waals surface area (Å²) in [4.78, 5) is 4.67. The lowest BCUT2D eigenvalue weighted by Gasteiger charge is -2.19. The second-order valence-electron chi connectivity index (χ2n) is 6.29. The molecule has 0 unspecified atom stereocenters. The summed E-state index contributed by atoms with van der Waals surface area (Å²) in [5.41, 5.74) is 2.58. The molecule has 1 heterocycles. The molecular weight excluding hydrogens is 322 g/mol. The van der Waals surface area contributed by atoms with Gasteiger partial charge in [0.15, 0.2) is 5.96 Å². The Morgan fingerprint density at radius 3 is 2.79 bits per heavy atom. The predicted molar refractivity (Wildman–Crippen MR) is 98.4 cm³/mol. The first-order valence-corrected chi connectivity index (χ1v) is 8.76. The number of benzene rings is 1. The Kier molecular flexibility index (Phi) is 5.09. The molecule has 1 fully saturated rings. The lowest BCUT2D eigenvalue weighted by atomic mass is 9.96. The van der Waals surface area contributed by atoms with Crippen LogP contribution in [0.3, 0.4) is 0 Å². The van der Waals surface area contributed by atoms with E-state index >= 15 is 0 Å². The Morgan fingerprint density at radius 2 is 2.17 bits per heavy atom. The van der Waals surface area contributed by atoms with Crippen LogP contribution in [0, 0.1) is 0 Å². The second kappa shape index (κ2) is 7.26. The van der Waals surface area contributed by atoms with Gasteiger partial charge >= 0.3 is 0 Å². The first-order valence-electron chi connectivity index (χ1n) is 8.38. The summed E-state index contributed by atoms with van der Waals surface area (Å²) in [5, 5.41) is 11.8. The molecule has 6 heteroatoms. The maximum absolute atomic E-state index is 6.15. The predicted octanol–water partition coefficient (Wildman–Crippen LogP) is 2.86. The van der Waals surface area contributed by atoms with E-state index in [0.29, 0.717) is 6.54 Å². The zero-order valence-electron chi connectivity index (χ0n) is 14.2. The number of nitrogens with zero attached hydrogens (tertiary/aromatic N) is 3. The van der Waals surface area contributed by atoms with Gasteiger partial charge in [0.2, 0.25) is 0 Å². The summed E-state index contributed by atoms with van der Waals surface area (Å²) in [6, 6.07) is 10.2. The Balaban J connectivity index is 1.65. The third-order valence-corrected chi connectivity index (χ3v) is 4.79. The zero-order valence-corrected chi connectivity index (χ0v) is 15.0. The molecule has 0 bridgehead atoms. The number of guanidine groups is 1. The van der Waals surface area contributed by atoms with E-state index in [1.165, 1.54) is 18.4 Å². The van der Waals surface area contributed by atoms with Crippen LogP contribution in [0.15, 0.2) is 41.5 Å². The van der Waals surface area contributed by atoms with Crippen LogP contribution in [0.1, 0.15) is 31.0 Å². The van der Waals surface area contributed by atoms with Crippen LogP contribution in [0.25, 0.3) is 0 Å². The monoisotopic (exact) mass is 345 g/mol. The molecule has 1 aliphatic carbocycles. The first kappa shape index (κ1) is 16.8. The normalized spacial score (nSPS) is 16.0. The fraction of sp³-hybridized carbons (Fsp3) is 0.444. The van der Waals surface area contributed by atoms with Crippen LogP contribution >= 0.6 is 11.6 Å². The van der Waals surface area contributed by atoms with E-state index in [4.69, 9.17) is 11.6 Å². The number of nitrogens with one attached hydrogen (secondary N) is 2. The fourth-order valence-corrected chi connectivity index (χ4v) is 3.04. The fourth-order valence-electron chi connectivity index (χ4n) is 2.85. The first-order chi connectivity index (χ1) is 11.6. The minimum absolute atomic E-state index is 0.188. The maximum Gasteiger partial charge on any atom is 0.191 e. The smallest absolute Gasteiger partial charge is 0.191 e. The van der Waals surface area contributed by atoms with Gasteiger partial charge in [0, 0.05) is 36.8 Å². The minimum atomic E-state index is 0.188. The van der Waals surface area contributed by atoms with E-state index in [2.05, 4.69) is 39.8 Å². The van der Waals surface area contributed by atoms with Crippen molar-refractivity contribution in [1.29, 1.82) is 0 Å². The van der Waals surface area contributed by atoms with Crippen LogP contribution < -0.4 is 10.6 Å². The van der Waals surface area contributed by atoms with E-state index in [9.17, 15) is 0 Å². The topological polar surface area (TPSA) is 54.2 Å². The summed E-state index contributed by atoms with van der Waals surface area (Å²) in [6.07, 6.45) is 4.16. The molecular formula is C18H24ClN5. The molecule has 0 radical (unpaired) electrons. The van der Waals surface area contributed by atoms with Crippen LogP contribution in [0.4, 0.5) is 0 Å². The Morgan fingerprint density at radius 1 is 1.33 bits per heavy atom. The molecule has 1 saturated carbocycles. The van der Waals surface area contributed by atoms with Gasteiger partial charge in [-0.25, -0.2) is 4.99 Å². The number of aryl methyl sites for hydroxylation is 1. The number of hydrogen-bond donors (Lipinski definition) is 2. The Bertz CT molecular complexity index is 718. The Hall–Kier alpha value is -2.01. The molecule has 2 N–H and O–H groups in total. The molecule has 0 spiro atoms. The molecule has 2 aromatic rings. The maximum atomic E-state index is 6.15. The molecule has 1 aromatic carbocycles. The minimum Gasteiger partial charge on any atom is -0.357 e. The quantitative estimate of drug-likeness (QED) is 0.625. The van der Waals surface area contributed by atoms with E-state index in [1.807, 2.05) is 29.9 Å².